The van der Waals surface area contributed by atoms with Crippen molar-refractivity contribution in [2.45, 2.75) is 24.8 Å². The summed E-state index contributed by atoms with van der Waals surface area (Å²) in [6.45, 7) is 2.89. The van der Waals surface area contributed by atoms with Crippen molar-refractivity contribution in [2.75, 3.05) is 0 Å². The fourth-order valence-corrected chi connectivity index (χ4v) is 1.91. The Kier molecular flexibility index (Phi) is 3.03. The number of hydrogen-bond donors (Lipinski definition) is 0. The van der Waals surface area contributed by atoms with Crippen LogP contribution < -0.4 is 4.74 Å². The largest absolute Gasteiger partial charge is 0.491 e. The molecule has 4 nitrogen and oxygen atoms in total. The molecule has 0 atom stereocenters. The van der Waals surface area contributed by atoms with Crippen molar-refractivity contribution in [3.05, 3.63) is 28.3 Å². The number of nitro groups is 1. The molecule has 19 heavy (non-hydrogen) atoms. The molecule has 0 fully saturated rings. The van der Waals surface area contributed by atoms with E-state index in [1.807, 2.05) is 0 Å². The maximum absolute atomic E-state index is 12.6. The number of nitrogens with zero attached hydrogens (tertiary/aromatic N) is 1. The first-order valence-electron chi connectivity index (χ1n) is 4.89. The van der Waals surface area contributed by atoms with E-state index in [4.69, 9.17) is 4.74 Å². The molecule has 1 aromatic rings. The quantitative estimate of drug-likeness (QED) is 0.445. The zero-order valence-corrected chi connectivity index (χ0v) is 10.6. The first-order chi connectivity index (χ1) is 8.19. The van der Waals surface area contributed by atoms with Gasteiger partial charge < -0.3 is 4.74 Å². The summed E-state index contributed by atoms with van der Waals surface area (Å²) in [5.41, 5.74) is -1.11. The van der Waals surface area contributed by atoms with Gasteiger partial charge >= 0.3 is 10.2 Å². The predicted octanol–water partition coefficient (Wildman–Crippen LogP) is 5.04. The third-order valence-corrected chi connectivity index (χ3v) is 3.02. The van der Waals surface area contributed by atoms with Gasteiger partial charge in [-0.15, -0.1) is 0 Å². The van der Waals surface area contributed by atoms with Gasteiger partial charge in [-0.2, -0.15) is 0 Å². The number of non-ortho nitro benzene ring substituents is 1. The highest BCUT2D eigenvalue weighted by molar-refractivity contribution is 8.45. The molecule has 1 rings (SSSR count). The molecule has 0 spiro atoms. The molecule has 1 aromatic carbocycles. The van der Waals surface area contributed by atoms with Gasteiger partial charge in [0.05, 0.1) is 17.1 Å². The van der Waals surface area contributed by atoms with E-state index < -0.39 is 37.6 Å². The van der Waals surface area contributed by atoms with Crippen molar-refractivity contribution >= 4 is 15.9 Å². The molecular formula is C9H10F5NO3S. The van der Waals surface area contributed by atoms with Gasteiger partial charge in [-0.05, 0) is 13.8 Å². The van der Waals surface area contributed by atoms with Gasteiger partial charge in [0, 0.05) is 12.1 Å². The average Bonchev–Trinajstić information content (AvgIpc) is 2.12. The summed E-state index contributed by atoms with van der Waals surface area (Å²) in [5.74, 6) is -0.632. The molecule has 0 amide bonds. The average molecular weight is 307 g/mol. The van der Waals surface area contributed by atoms with Crippen LogP contribution in [0, 0.1) is 10.1 Å². The minimum atomic E-state index is -9.99. The first-order valence-corrected chi connectivity index (χ1v) is 6.84. The topological polar surface area (TPSA) is 52.4 Å². The van der Waals surface area contributed by atoms with E-state index in [0.29, 0.717) is 6.07 Å². The van der Waals surface area contributed by atoms with Crippen LogP contribution >= 0.6 is 10.2 Å². The Hall–Kier alpha value is -1.58. The summed E-state index contributed by atoms with van der Waals surface area (Å²) in [5, 5.41) is 10.5. The Morgan fingerprint density at radius 3 is 2.05 bits per heavy atom. The zero-order chi connectivity index (χ0) is 15.1. The van der Waals surface area contributed by atoms with Crippen molar-refractivity contribution in [1.29, 1.82) is 0 Å². The monoisotopic (exact) mass is 307 g/mol. The normalized spacial score (nSPS) is 15.8. The fraction of sp³-hybridized carbons (Fsp3) is 0.333. The molecule has 0 N–H and O–H groups in total. The number of nitro benzene ring substituents is 1. The summed E-state index contributed by atoms with van der Waals surface area (Å²) < 4.78 is 68.0. The molecule has 0 aliphatic heterocycles. The van der Waals surface area contributed by atoms with Crippen LogP contribution in [-0.4, -0.2) is 11.0 Å². The third kappa shape index (κ3) is 4.23. The van der Waals surface area contributed by atoms with Gasteiger partial charge in [0.25, 0.3) is 5.69 Å². The van der Waals surface area contributed by atoms with Gasteiger partial charge in [-0.25, -0.2) is 0 Å². The van der Waals surface area contributed by atoms with Crippen LogP contribution in [0.2, 0.25) is 0 Å². The maximum atomic E-state index is 12.6. The number of hydrogen-bond acceptors (Lipinski definition) is 3. The molecule has 0 heterocycles. The van der Waals surface area contributed by atoms with E-state index in [1.165, 1.54) is 13.8 Å². The SMILES string of the molecule is CC(C)Oc1cc([N+](=O)[O-])cc(S(F)(F)(F)(F)F)c1. The summed E-state index contributed by atoms with van der Waals surface area (Å²) in [6, 6.07) is 0.524. The van der Waals surface area contributed by atoms with Crippen LogP contribution in [-0.2, 0) is 0 Å². The van der Waals surface area contributed by atoms with Gasteiger partial charge in [0.1, 0.15) is 10.6 Å². The number of rotatable bonds is 4. The van der Waals surface area contributed by atoms with Crippen molar-refractivity contribution < 1.29 is 29.1 Å². The Bertz CT molecular complexity index is 528. The predicted molar refractivity (Wildman–Crippen MR) is 60.3 cm³/mol. The summed E-state index contributed by atoms with van der Waals surface area (Å²) in [6.07, 6.45) is -0.617. The van der Waals surface area contributed by atoms with Crippen molar-refractivity contribution in [3.63, 3.8) is 0 Å². The molecule has 0 saturated carbocycles. The maximum Gasteiger partial charge on any atom is 0.310 e. The molecule has 0 radical (unpaired) electrons. The van der Waals surface area contributed by atoms with Crippen LogP contribution in [0.3, 0.4) is 0 Å². The molecule has 0 unspecified atom stereocenters. The molecule has 0 saturated heterocycles. The van der Waals surface area contributed by atoms with E-state index in [-0.39, 0.29) is 12.1 Å². The van der Waals surface area contributed by atoms with Crippen molar-refractivity contribution in [1.82, 2.24) is 0 Å². The lowest BCUT2D eigenvalue weighted by Gasteiger charge is -2.40. The Labute approximate surface area is 105 Å². The third-order valence-electron chi connectivity index (χ3n) is 1.89. The molecule has 0 aliphatic carbocycles. The molecule has 0 bridgehead atoms. The first kappa shape index (κ1) is 15.5. The van der Waals surface area contributed by atoms with Crippen molar-refractivity contribution in [2.24, 2.45) is 0 Å². The van der Waals surface area contributed by atoms with Gasteiger partial charge in [0.2, 0.25) is 0 Å². The van der Waals surface area contributed by atoms with Gasteiger partial charge in [-0.1, -0.05) is 19.4 Å². The highest BCUT2D eigenvalue weighted by atomic mass is 32.5. The fourth-order valence-electron chi connectivity index (χ4n) is 1.23. The van der Waals surface area contributed by atoms with E-state index in [1.54, 1.807) is 0 Å². The molecule has 10 heteroatoms. The summed E-state index contributed by atoms with van der Waals surface area (Å²) >= 11 is 0. The number of benzene rings is 1. The van der Waals surface area contributed by atoms with Crippen LogP contribution in [0.1, 0.15) is 13.8 Å². The number of halogens is 5. The lowest BCUT2D eigenvalue weighted by atomic mass is 10.3. The molecule has 110 valence electrons. The molecule has 0 aliphatic rings. The Balaban J connectivity index is 3.51. The van der Waals surface area contributed by atoms with Gasteiger partial charge in [-0.3, -0.25) is 10.1 Å². The zero-order valence-electron chi connectivity index (χ0n) is 9.78. The van der Waals surface area contributed by atoms with Gasteiger partial charge in [0.15, 0.2) is 0 Å². The summed E-state index contributed by atoms with van der Waals surface area (Å²) in [7, 11) is -9.99. The van der Waals surface area contributed by atoms with Crippen LogP contribution in [0.4, 0.5) is 25.1 Å². The second-order valence-electron chi connectivity index (χ2n) is 4.06. The van der Waals surface area contributed by atoms with E-state index in [0.717, 1.165) is 0 Å². The smallest absolute Gasteiger partial charge is 0.310 e. The number of ether oxygens (including phenoxy) is 1. The highest BCUT2D eigenvalue weighted by Crippen LogP contribution is 3.02. The van der Waals surface area contributed by atoms with Crippen molar-refractivity contribution in [3.8, 4) is 5.75 Å². The second-order valence-corrected chi connectivity index (χ2v) is 6.46. The second kappa shape index (κ2) is 3.71. The van der Waals surface area contributed by atoms with E-state index >= 15 is 0 Å². The minimum Gasteiger partial charge on any atom is -0.491 e. The lowest BCUT2D eigenvalue weighted by molar-refractivity contribution is -0.385. The highest BCUT2D eigenvalue weighted by Gasteiger charge is 2.66. The van der Waals surface area contributed by atoms with E-state index in [9.17, 15) is 29.5 Å². The Morgan fingerprint density at radius 2 is 1.68 bits per heavy atom. The minimum absolute atomic E-state index is 0.0640. The van der Waals surface area contributed by atoms with Crippen LogP contribution in [0.15, 0.2) is 23.1 Å². The molecular weight excluding hydrogens is 297 g/mol. The molecule has 0 aromatic heterocycles. The van der Waals surface area contributed by atoms with Crippen LogP contribution in [0.5, 0.6) is 5.75 Å². The standard InChI is InChI=1S/C9H10F5NO3S/c1-6(2)18-8-3-7(15(16)17)4-9(5-8)19(10,11,12,13)14/h3-6H,1-2H3. The lowest BCUT2D eigenvalue weighted by Crippen LogP contribution is -2.10. The summed E-state index contributed by atoms with van der Waals surface area (Å²) in [4.78, 5) is 6.94. The van der Waals surface area contributed by atoms with E-state index in [2.05, 4.69) is 0 Å². The Morgan fingerprint density at radius 1 is 1.16 bits per heavy atom. The van der Waals surface area contributed by atoms with Crippen LogP contribution in [0.25, 0.3) is 0 Å².